The molecule has 29 heavy (non-hydrogen) atoms. The summed E-state index contributed by atoms with van der Waals surface area (Å²) < 4.78 is 0. The minimum absolute atomic E-state index is 0.0545. The number of rotatable bonds is 6. The van der Waals surface area contributed by atoms with Gasteiger partial charge in [-0.1, -0.05) is 23.4 Å². The van der Waals surface area contributed by atoms with Crippen molar-refractivity contribution in [3.63, 3.8) is 0 Å². The van der Waals surface area contributed by atoms with Crippen LogP contribution in [0, 0.1) is 18.3 Å². The van der Waals surface area contributed by atoms with Gasteiger partial charge in [0, 0.05) is 26.7 Å². The molecule has 148 valence electrons. The maximum atomic E-state index is 12.6. The van der Waals surface area contributed by atoms with Gasteiger partial charge in [0.05, 0.1) is 28.3 Å². The van der Waals surface area contributed by atoms with E-state index in [4.69, 9.17) is 11.6 Å². The Morgan fingerprint density at radius 2 is 1.93 bits per heavy atom. The summed E-state index contributed by atoms with van der Waals surface area (Å²) in [5.41, 5.74) is 3.40. The number of dihydropyridines is 1. The van der Waals surface area contributed by atoms with Gasteiger partial charge < -0.3 is 5.32 Å². The number of allylic oxidation sites excluding steroid dienone is 3. The molecule has 1 aromatic carbocycles. The van der Waals surface area contributed by atoms with Crippen molar-refractivity contribution in [2.24, 2.45) is 0 Å². The van der Waals surface area contributed by atoms with E-state index in [1.165, 1.54) is 30.0 Å². The second kappa shape index (κ2) is 9.00. The summed E-state index contributed by atoms with van der Waals surface area (Å²) in [5, 5.41) is 16.3. The van der Waals surface area contributed by atoms with Crippen molar-refractivity contribution in [3.05, 3.63) is 78.6 Å². The molecule has 7 heteroatoms. The number of hydrogen-bond acceptors (Lipinski definition) is 6. The third kappa shape index (κ3) is 4.48. The highest BCUT2D eigenvalue weighted by molar-refractivity contribution is 8.03. The highest BCUT2D eigenvalue weighted by Crippen LogP contribution is 2.43. The smallest absolute Gasteiger partial charge is 0.173 e. The first-order chi connectivity index (χ1) is 13.8. The first kappa shape index (κ1) is 21.4. The normalized spacial score (nSPS) is 16.4. The number of halogens is 1. The predicted octanol–water partition coefficient (Wildman–Crippen LogP) is 5.61. The number of nitrogens with zero attached hydrogens (tertiary/aromatic N) is 1. The van der Waals surface area contributed by atoms with E-state index in [1.54, 1.807) is 24.3 Å². The molecule has 0 aliphatic carbocycles. The van der Waals surface area contributed by atoms with Crippen molar-refractivity contribution >= 4 is 46.3 Å². The van der Waals surface area contributed by atoms with Crippen LogP contribution in [0.1, 0.15) is 40.6 Å². The molecule has 0 fully saturated rings. The van der Waals surface area contributed by atoms with E-state index < -0.39 is 5.92 Å². The molecule has 4 nitrogen and oxygen atoms in total. The summed E-state index contributed by atoms with van der Waals surface area (Å²) in [5.74, 6) is -0.358. The number of thiophene rings is 1. The maximum Gasteiger partial charge on any atom is 0.173 e. The van der Waals surface area contributed by atoms with Crippen LogP contribution in [0.2, 0.25) is 5.02 Å². The number of carbonyl (C=O) groups excluding carboxylic acids is 2. The molecular weight excluding hydrogens is 424 g/mol. The molecular formula is C22H19ClN2O2S2. The van der Waals surface area contributed by atoms with Gasteiger partial charge in [-0.2, -0.15) is 5.26 Å². The Morgan fingerprint density at radius 1 is 1.24 bits per heavy atom. The highest BCUT2D eigenvalue weighted by atomic mass is 35.5. The molecule has 1 atom stereocenters. The number of benzene rings is 1. The number of hydrogen-bond donors (Lipinski definition) is 1. The van der Waals surface area contributed by atoms with Gasteiger partial charge in [-0.3, -0.25) is 9.59 Å². The van der Waals surface area contributed by atoms with Crippen molar-refractivity contribution in [1.82, 2.24) is 5.32 Å². The van der Waals surface area contributed by atoms with Crippen LogP contribution < -0.4 is 5.32 Å². The number of nitrogens with one attached hydrogen (secondary N) is 1. The van der Waals surface area contributed by atoms with Crippen LogP contribution in [0.15, 0.2) is 57.6 Å². The first-order valence-electron chi connectivity index (χ1n) is 8.92. The molecule has 1 aliphatic heterocycles. The molecule has 0 saturated heterocycles. The van der Waals surface area contributed by atoms with Gasteiger partial charge in [-0.05, 0) is 62.0 Å². The molecule has 0 spiro atoms. The van der Waals surface area contributed by atoms with Gasteiger partial charge in [0.15, 0.2) is 11.6 Å². The van der Waals surface area contributed by atoms with Crippen LogP contribution in [0.25, 0.3) is 0 Å². The molecule has 0 amide bonds. The van der Waals surface area contributed by atoms with Crippen molar-refractivity contribution < 1.29 is 9.59 Å². The Bertz CT molecular complexity index is 1070. The Labute approximate surface area is 183 Å². The molecule has 1 N–H and O–H groups in total. The fraction of sp³-hybridized carbons (Fsp3) is 0.227. The summed E-state index contributed by atoms with van der Waals surface area (Å²) in [6.45, 7) is 5.34. The maximum absolute atomic E-state index is 12.6. The van der Waals surface area contributed by atoms with Gasteiger partial charge in [-0.25, -0.2) is 0 Å². The lowest BCUT2D eigenvalue weighted by molar-refractivity contribution is -0.113. The van der Waals surface area contributed by atoms with E-state index in [9.17, 15) is 14.9 Å². The molecule has 0 bridgehead atoms. The molecule has 3 rings (SSSR count). The van der Waals surface area contributed by atoms with Crippen LogP contribution in [0.5, 0.6) is 0 Å². The Hall–Kier alpha value is -2.33. The Balaban J connectivity index is 1.94. The summed E-state index contributed by atoms with van der Waals surface area (Å²) >= 11 is 8.70. The topological polar surface area (TPSA) is 70.0 Å². The third-order valence-electron chi connectivity index (χ3n) is 4.70. The van der Waals surface area contributed by atoms with E-state index in [1.807, 2.05) is 25.3 Å². The second-order valence-corrected chi connectivity index (χ2v) is 9.06. The summed E-state index contributed by atoms with van der Waals surface area (Å²) in [6, 6.07) is 11.0. The average molecular weight is 443 g/mol. The predicted molar refractivity (Wildman–Crippen MR) is 119 cm³/mol. The Kier molecular flexibility index (Phi) is 6.63. The zero-order chi connectivity index (χ0) is 21.1. The van der Waals surface area contributed by atoms with E-state index in [0.29, 0.717) is 26.8 Å². The largest absolute Gasteiger partial charge is 0.353 e. The van der Waals surface area contributed by atoms with Crippen molar-refractivity contribution in [3.8, 4) is 6.07 Å². The van der Waals surface area contributed by atoms with Gasteiger partial charge >= 0.3 is 0 Å². The lowest BCUT2D eigenvalue weighted by Crippen LogP contribution is -2.27. The molecule has 0 radical (unpaired) electrons. The summed E-state index contributed by atoms with van der Waals surface area (Å²) in [7, 11) is 0. The monoisotopic (exact) mass is 442 g/mol. The summed E-state index contributed by atoms with van der Waals surface area (Å²) in [6.07, 6.45) is 0. The highest BCUT2D eigenvalue weighted by Gasteiger charge is 2.34. The third-order valence-corrected chi connectivity index (χ3v) is 7.06. The van der Waals surface area contributed by atoms with Crippen molar-refractivity contribution in [1.29, 1.82) is 5.26 Å². The van der Waals surface area contributed by atoms with Crippen molar-refractivity contribution in [2.75, 3.05) is 5.75 Å². The number of Topliss-reactive ketones (excluding diaryl/α,β-unsaturated/α-hetero) is 2. The fourth-order valence-electron chi connectivity index (χ4n) is 3.29. The van der Waals surface area contributed by atoms with Gasteiger partial charge in [0.25, 0.3) is 0 Å². The number of aryl methyl sites for hydroxylation is 1. The van der Waals surface area contributed by atoms with Crippen LogP contribution >= 0.6 is 34.7 Å². The van der Waals surface area contributed by atoms with Gasteiger partial charge in [0.2, 0.25) is 0 Å². The number of carbonyl (C=O) groups is 2. The van der Waals surface area contributed by atoms with E-state index in [-0.39, 0.29) is 17.3 Å². The van der Waals surface area contributed by atoms with Crippen LogP contribution in [-0.2, 0) is 4.79 Å². The zero-order valence-electron chi connectivity index (χ0n) is 16.2. The molecule has 2 heterocycles. The molecule has 1 aliphatic rings. The standard InChI is InChI=1S/C22H19ClN2O2S2/c1-12-8-9-28-21(12)20-17(10-24)22(25-13(2)19(20)14(3)26)29-11-18(27)15-4-6-16(23)7-5-15/h4-9,20,25H,11H2,1-3H3. The fourth-order valence-corrected chi connectivity index (χ4v) is 5.45. The Morgan fingerprint density at radius 3 is 2.48 bits per heavy atom. The van der Waals surface area contributed by atoms with Crippen molar-refractivity contribution in [2.45, 2.75) is 26.7 Å². The minimum Gasteiger partial charge on any atom is -0.353 e. The van der Waals surface area contributed by atoms with Crippen LogP contribution in [0.4, 0.5) is 0 Å². The quantitative estimate of drug-likeness (QED) is 0.588. The van der Waals surface area contributed by atoms with Crippen LogP contribution in [0.3, 0.4) is 0 Å². The molecule has 2 aromatic rings. The number of nitriles is 1. The SMILES string of the molecule is CC(=O)C1=C(C)NC(SCC(=O)c2ccc(Cl)cc2)=C(C#N)C1c1sccc1C. The van der Waals surface area contributed by atoms with E-state index >= 15 is 0 Å². The minimum atomic E-state index is -0.410. The number of ketones is 2. The molecule has 1 unspecified atom stereocenters. The van der Waals surface area contributed by atoms with E-state index in [0.717, 1.165) is 16.1 Å². The first-order valence-corrected chi connectivity index (χ1v) is 11.2. The van der Waals surface area contributed by atoms with Gasteiger partial charge in [-0.15, -0.1) is 11.3 Å². The zero-order valence-corrected chi connectivity index (χ0v) is 18.6. The average Bonchev–Trinajstić information content (AvgIpc) is 3.11. The molecule has 1 aromatic heterocycles. The number of thioether (sulfide) groups is 1. The lowest BCUT2D eigenvalue weighted by atomic mass is 9.84. The van der Waals surface area contributed by atoms with E-state index in [2.05, 4.69) is 11.4 Å². The summed E-state index contributed by atoms with van der Waals surface area (Å²) in [4.78, 5) is 25.9. The lowest BCUT2D eigenvalue weighted by Gasteiger charge is -2.29. The van der Waals surface area contributed by atoms with Gasteiger partial charge in [0.1, 0.15) is 0 Å². The van der Waals surface area contributed by atoms with Crippen LogP contribution in [-0.4, -0.2) is 17.3 Å². The second-order valence-electron chi connectivity index (χ2n) is 6.69. The molecule has 0 saturated carbocycles.